The van der Waals surface area contributed by atoms with E-state index in [4.69, 9.17) is 14.0 Å². The Hall–Kier alpha value is -3.88. The molecule has 0 fully saturated rings. The van der Waals surface area contributed by atoms with E-state index in [9.17, 15) is 9.59 Å². The zero-order chi connectivity index (χ0) is 18.8. The quantitative estimate of drug-likeness (QED) is 0.729. The molecule has 0 bridgehead atoms. The van der Waals surface area contributed by atoms with Gasteiger partial charge in [-0.2, -0.15) is 0 Å². The van der Waals surface area contributed by atoms with Gasteiger partial charge in [-0.05, 0) is 25.1 Å². The number of aryl methyl sites for hydroxylation is 1. The molecule has 1 aromatic carbocycles. The van der Waals surface area contributed by atoms with Crippen LogP contribution in [0.5, 0.6) is 11.5 Å². The van der Waals surface area contributed by atoms with Crippen LogP contribution in [0.2, 0.25) is 0 Å². The summed E-state index contributed by atoms with van der Waals surface area (Å²) in [6, 6.07) is 8.10. The number of hydrogen-bond acceptors (Lipinski definition) is 7. The third-order valence-electron chi connectivity index (χ3n) is 3.76. The third kappa shape index (κ3) is 3.56. The smallest absolute Gasteiger partial charge is 0.258 e. The zero-order valence-corrected chi connectivity index (χ0v) is 14.2. The second-order valence-corrected chi connectivity index (χ2v) is 5.76. The summed E-state index contributed by atoms with van der Waals surface area (Å²) in [7, 11) is 0. The number of fused-ring (bicyclic) bond motifs is 1. The van der Waals surface area contributed by atoms with Crippen molar-refractivity contribution in [2.75, 3.05) is 17.4 Å². The molecule has 2 aromatic heterocycles. The van der Waals surface area contributed by atoms with Gasteiger partial charge in [-0.3, -0.25) is 14.6 Å². The average Bonchev–Trinajstić information content (AvgIpc) is 3.30. The number of pyridine rings is 1. The number of carbonyl (C=O) groups excluding carboxylic acids is 2. The Kier molecular flexibility index (Phi) is 4.17. The molecule has 0 atom stereocenters. The number of aromatic nitrogens is 2. The van der Waals surface area contributed by atoms with E-state index in [-0.39, 0.29) is 23.7 Å². The van der Waals surface area contributed by atoms with Gasteiger partial charge in [0.2, 0.25) is 6.79 Å². The van der Waals surface area contributed by atoms with Crippen molar-refractivity contribution in [2.45, 2.75) is 6.92 Å². The summed E-state index contributed by atoms with van der Waals surface area (Å²) in [5.41, 5.74) is 0.989. The molecule has 3 aromatic rings. The van der Waals surface area contributed by atoms with E-state index in [2.05, 4.69) is 20.8 Å². The molecule has 3 heterocycles. The van der Waals surface area contributed by atoms with E-state index in [1.165, 1.54) is 18.5 Å². The first-order valence-electron chi connectivity index (χ1n) is 7.99. The SMILES string of the molecule is Cc1cc(NC(=O)c2cncc(C(=O)Nc3ccc4c(c3)OCO4)c2)no1. The summed E-state index contributed by atoms with van der Waals surface area (Å²) in [5.74, 6) is 1.17. The van der Waals surface area contributed by atoms with Crippen molar-refractivity contribution in [3.8, 4) is 11.5 Å². The van der Waals surface area contributed by atoms with Crippen LogP contribution in [0.25, 0.3) is 0 Å². The summed E-state index contributed by atoms with van der Waals surface area (Å²) in [4.78, 5) is 28.7. The van der Waals surface area contributed by atoms with Crippen LogP contribution in [-0.4, -0.2) is 28.7 Å². The zero-order valence-electron chi connectivity index (χ0n) is 14.2. The Balaban J connectivity index is 1.48. The van der Waals surface area contributed by atoms with E-state index >= 15 is 0 Å². The molecule has 27 heavy (non-hydrogen) atoms. The van der Waals surface area contributed by atoms with Crippen LogP contribution in [0.3, 0.4) is 0 Å². The van der Waals surface area contributed by atoms with Crippen LogP contribution < -0.4 is 20.1 Å². The minimum atomic E-state index is -0.450. The van der Waals surface area contributed by atoms with Gasteiger partial charge in [0.15, 0.2) is 17.3 Å². The van der Waals surface area contributed by atoms with Gasteiger partial charge in [0, 0.05) is 30.2 Å². The van der Waals surface area contributed by atoms with Gasteiger partial charge in [-0.25, -0.2) is 0 Å². The molecular formula is C18H14N4O5. The standard InChI is InChI=1S/C18H14N4O5/c1-10-4-16(22-27-10)21-18(24)12-5-11(7-19-8-12)17(23)20-13-2-3-14-15(6-13)26-9-25-14/h2-8H,9H2,1H3,(H,20,23)(H,21,22,24). The van der Waals surface area contributed by atoms with Crippen LogP contribution in [0.1, 0.15) is 26.5 Å². The Bertz CT molecular complexity index is 1030. The molecule has 4 rings (SSSR count). The molecule has 136 valence electrons. The second kappa shape index (κ2) is 6.79. The van der Waals surface area contributed by atoms with E-state index in [0.717, 1.165) is 0 Å². The highest BCUT2D eigenvalue weighted by molar-refractivity contribution is 6.08. The van der Waals surface area contributed by atoms with Crippen LogP contribution in [0.4, 0.5) is 11.5 Å². The maximum Gasteiger partial charge on any atom is 0.258 e. The highest BCUT2D eigenvalue weighted by Gasteiger charge is 2.16. The van der Waals surface area contributed by atoms with Gasteiger partial charge in [-0.1, -0.05) is 5.16 Å². The van der Waals surface area contributed by atoms with Crippen molar-refractivity contribution in [1.29, 1.82) is 0 Å². The molecule has 1 aliphatic rings. The van der Waals surface area contributed by atoms with Gasteiger partial charge in [0.1, 0.15) is 5.76 Å². The summed E-state index contributed by atoms with van der Waals surface area (Å²) < 4.78 is 15.4. The number of hydrogen-bond donors (Lipinski definition) is 2. The van der Waals surface area contributed by atoms with Crippen molar-refractivity contribution in [3.63, 3.8) is 0 Å². The van der Waals surface area contributed by atoms with Crippen molar-refractivity contribution in [3.05, 3.63) is 59.6 Å². The molecule has 0 aliphatic carbocycles. The Morgan fingerprint density at radius 1 is 0.963 bits per heavy atom. The number of ether oxygens (including phenoxy) is 2. The lowest BCUT2D eigenvalue weighted by Crippen LogP contribution is -2.16. The van der Waals surface area contributed by atoms with Crippen molar-refractivity contribution < 1.29 is 23.6 Å². The van der Waals surface area contributed by atoms with Crippen LogP contribution in [-0.2, 0) is 0 Å². The molecule has 0 saturated heterocycles. The van der Waals surface area contributed by atoms with Gasteiger partial charge in [0.05, 0.1) is 11.1 Å². The van der Waals surface area contributed by atoms with Gasteiger partial charge >= 0.3 is 0 Å². The van der Waals surface area contributed by atoms with Crippen LogP contribution in [0, 0.1) is 6.92 Å². The summed E-state index contributed by atoms with van der Waals surface area (Å²) in [5, 5.41) is 9.01. The van der Waals surface area contributed by atoms with E-state index in [0.29, 0.717) is 22.9 Å². The summed E-state index contributed by atoms with van der Waals surface area (Å²) in [6.45, 7) is 1.87. The first-order chi connectivity index (χ1) is 13.1. The number of nitrogens with one attached hydrogen (secondary N) is 2. The average molecular weight is 366 g/mol. The number of carbonyl (C=O) groups is 2. The number of benzene rings is 1. The number of anilines is 2. The third-order valence-corrected chi connectivity index (χ3v) is 3.76. The van der Waals surface area contributed by atoms with E-state index in [1.807, 2.05) is 0 Å². The molecular weight excluding hydrogens is 352 g/mol. The lowest BCUT2D eigenvalue weighted by molar-refractivity contribution is 0.102. The van der Waals surface area contributed by atoms with Gasteiger partial charge in [-0.15, -0.1) is 0 Å². The van der Waals surface area contributed by atoms with Gasteiger partial charge < -0.3 is 24.6 Å². The van der Waals surface area contributed by atoms with Gasteiger partial charge in [0.25, 0.3) is 11.8 Å². The first kappa shape index (κ1) is 16.6. The van der Waals surface area contributed by atoms with E-state index in [1.54, 1.807) is 31.2 Å². The lowest BCUT2D eigenvalue weighted by atomic mass is 10.1. The first-order valence-corrected chi connectivity index (χ1v) is 7.99. The normalized spacial score (nSPS) is 11.9. The molecule has 9 nitrogen and oxygen atoms in total. The van der Waals surface area contributed by atoms with Crippen molar-refractivity contribution in [1.82, 2.24) is 10.1 Å². The Morgan fingerprint density at radius 2 is 1.70 bits per heavy atom. The highest BCUT2D eigenvalue weighted by atomic mass is 16.7. The lowest BCUT2D eigenvalue weighted by Gasteiger charge is -2.07. The van der Waals surface area contributed by atoms with Crippen LogP contribution in [0.15, 0.2) is 47.2 Å². The largest absolute Gasteiger partial charge is 0.454 e. The van der Waals surface area contributed by atoms with E-state index < -0.39 is 11.8 Å². The minimum Gasteiger partial charge on any atom is -0.454 e. The molecule has 0 unspecified atom stereocenters. The molecule has 2 amide bonds. The molecule has 9 heteroatoms. The fraction of sp³-hybridized carbons (Fsp3) is 0.111. The number of nitrogens with zero attached hydrogens (tertiary/aromatic N) is 2. The predicted octanol–water partition coefficient (Wildman–Crippen LogP) is 2.61. The molecule has 0 saturated carbocycles. The summed E-state index contributed by atoms with van der Waals surface area (Å²) >= 11 is 0. The predicted molar refractivity (Wildman–Crippen MR) is 93.9 cm³/mol. The molecule has 2 N–H and O–H groups in total. The number of rotatable bonds is 4. The molecule has 0 radical (unpaired) electrons. The van der Waals surface area contributed by atoms with Crippen molar-refractivity contribution >= 4 is 23.3 Å². The topological polar surface area (TPSA) is 116 Å². The van der Waals surface area contributed by atoms with Crippen LogP contribution >= 0.6 is 0 Å². The number of amides is 2. The Labute approximate surface area is 153 Å². The maximum absolute atomic E-state index is 12.5. The fourth-order valence-corrected chi connectivity index (χ4v) is 2.48. The second-order valence-electron chi connectivity index (χ2n) is 5.76. The molecule has 1 aliphatic heterocycles. The summed E-state index contributed by atoms with van der Waals surface area (Å²) in [6.07, 6.45) is 2.74. The highest BCUT2D eigenvalue weighted by Crippen LogP contribution is 2.34. The minimum absolute atomic E-state index is 0.152. The maximum atomic E-state index is 12.5. The fourth-order valence-electron chi connectivity index (χ4n) is 2.48. The molecule has 0 spiro atoms. The Morgan fingerprint density at radius 3 is 2.44 bits per heavy atom. The monoisotopic (exact) mass is 366 g/mol. The van der Waals surface area contributed by atoms with Crippen molar-refractivity contribution in [2.24, 2.45) is 0 Å².